The number of carbonyl (C=O) groups excluding carboxylic acids is 3. The van der Waals surface area contributed by atoms with Gasteiger partial charge in [-0.25, -0.2) is 4.79 Å². The molecule has 1 heterocycles. The van der Waals surface area contributed by atoms with E-state index in [1.54, 1.807) is 19.2 Å². The third-order valence-electron chi connectivity index (χ3n) is 9.08. The first-order valence-electron chi connectivity index (χ1n) is 16.5. The maximum Gasteiger partial charge on any atom is 0.328 e. The maximum atomic E-state index is 14.0. The van der Waals surface area contributed by atoms with E-state index in [0.717, 1.165) is 22.0 Å². The average Bonchev–Trinajstić information content (AvgIpc) is 3.36. The van der Waals surface area contributed by atoms with E-state index in [2.05, 4.69) is 20.9 Å². The number of hydrogen-bond acceptors (Lipinski definition) is 9. The zero-order chi connectivity index (χ0) is 36.1. The maximum absolute atomic E-state index is 14.0. The van der Waals surface area contributed by atoms with Gasteiger partial charge in [0.05, 0.1) is 40.2 Å². The summed E-state index contributed by atoms with van der Waals surface area (Å²) >= 11 is 0. The number of fused-ring (bicyclic) bond motifs is 4. The van der Waals surface area contributed by atoms with E-state index in [1.165, 1.54) is 34.3 Å². The van der Waals surface area contributed by atoms with Crippen LogP contribution in [0.3, 0.4) is 0 Å². The second-order valence-electron chi connectivity index (χ2n) is 12.6. The molecular formula is C38H44N4O8. The van der Waals surface area contributed by atoms with Crippen LogP contribution in [0.15, 0.2) is 59.5 Å². The molecule has 50 heavy (non-hydrogen) atoms. The van der Waals surface area contributed by atoms with Crippen molar-refractivity contribution >= 4 is 34.4 Å². The van der Waals surface area contributed by atoms with Crippen LogP contribution >= 0.6 is 0 Å². The van der Waals surface area contributed by atoms with E-state index in [4.69, 9.17) is 18.9 Å². The van der Waals surface area contributed by atoms with E-state index in [9.17, 15) is 19.2 Å². The number of benzene rings is 2. The summed E-state index contributed by atoms with van der Waals surface area (Å²) in [5.41, 5.74) is 4.41. The number of aryl methyl sites for hydroxylation is 1. The van der Waals surface area contributed by atoms with Gasteiger partial charge >= 0.3 is 5.97 Å². The Bertz CT molecular complexity index is 1970. The lowest BCUT2D eigenvalue weighted by molar-refractivity contribution is -0.145. The van der Waals surface area contributed by atoms with Gasteiger partial charge in [0.25, 0.3) is 0 Å². The van der Waals surface area contributed by atoms with Gasteiger partial charge in [0.2, 0.25) is 23.0 Å². The van der Waals surface area contributed by atoms with Gasteiger partial charge in [0.1, 0.15) is 12.1 Å². The molecule has 0 saturated carbocycles. The average molecular weight is 685 g/mol. The smallest absolute Gasteiger partial charge is 0.328 e. The number of aromatic nitrogens is 1. The summed E-state index contributed by atoms with van der Waals surface area (Å²) in [4.78, 5) is 56.3. The number of para-hydroxylation sites is 1. The van der Waals surface area contributed by atoms with Gasteiger partial charge in [-0.15, -0.1) is 0 Å². The summed E-state index contributed by atoms with van der Waals surface area (Å²) in [6.45, 7) is 5.13. The molecule has 1 aliphatic rings. The Labute approximate surface area is 290 Å². The first kappa shape index (κ1) is 35.8. The summed E-state index contributed by atoms with van der Waals surface area (Å²) in [5.74, 6) is -0.255. The third kappa shape index (κ3) is 7.24. The Morgan fingerprint density at radius 3 is 2.36 bits per heavy atom. The van der Waals surface area contributed by atoms with Crippen LogP contribution in [0, 0.1) is 5.92 Å². The normalized spacial score (nSPS) is 14.8. The quantitative estimate of drug-likeness (QED) is 0.156. The molecule has 1 aliphatic carbocycles. The Morgan fingerprint density at radius 1 is 0.960 bits per heavy atom. The minimum atomic E-state index is -0.973. The Balaban J connectivity index is 1.54. The minimum Gasteiger partial charge on any atom is -0.493 e. The molecule has 12 nitrogen and oxygen atoms in total. The molecule has 4 aromatic rings. The van der Waals surface area contributed by atoms with Gasteiger partial charge in [-0.2, -0.15) is 0 Å². The summed E-state index contributed by atoms with van der Waals surface area (Å²) in [7, 11) is 5.89. The topological polar surface area (TPSA) is 157 Å². The van der Waals surface area contributed by atoms with E-state index in [1.807, 2.05) is 50.4 Å². The van der Waals surface area contributed by atoms with E-state index < -0.39 is 30.0 Å². The van der Waals surface area contributed by atoms with Crippen LogP contribution in [0.25, 0.3) is 22.0 Å². The van der Waals surface area contributed by atoms with Crippen LogP contribution in [0.4, 0.5) is 5.69 Å². The van der Waals surface area contributed by atoms with E-state index in [-0.39, 0.29) is 29.4 Å². The number of aromatic amines is 1. The second kappa shape index (κ2) is 15.4. The molecule has 0 aliphatic heterocycles. The largest absolute Gasteiger partial charge is 0.493 e. The number of methoxy groups -OCH3 is 4. The summed E-state index contributed by atoms with van der Waals surface area (Å²) in [6.07, 6.45) is 3.08. The lowest BCUT2D eigenvalue weighted by atomic mass is 9.95. The van der Waals surface area contributed by atoms with Gasteiger partial charge in [-0.1, -0.05) is 38.1 Å². The predicted octanol–water partition coefficient (Wildman–Crippen LogP) is 4.68. The number of anilines is 1. The van der Waals surface area contributed by atoms with Crippen LogP contribution in [0.1, 0.15) is 49.9 Å². The molecule has 3 atom stereocenters. The molecule has 0 unspecified atom stereocenters. The SMILES string of the molecule is COC(=O)[C@H](Cc1c[nH]c2ccccc12)NC(=O)[C@@H](Nc1ccc2c(cc1=O)[C@@H](NC(C)=O)CCc1cc(OC)c(OC)c(OC)c1-2)C(C)C. The lowest BCUT2D eigenvalue weighted by Crippen LogP contribution is -2.51. The van der Waals surface area contributed by atoms with Crippen molar-refractivity contribution in [1.82, 2.24) is 15.6 Å². The Hall–Kier alpha value is -5.52. The number of H-pyrrole nitrogens is 1. The van der Waals surface area contributed by atoms with Crippen molar-refractivity contribution in [3.8, 4) is 28.4 Å². The van der Waals surface area contributed by atoms with Crippen LogP contribution in [-0.2, 0) is 32.0 Å². The molecule has 0 saturated heterocycles. The molecule has 0 fully saturated rings. The first-order valence-corrected chi connectivity index (χ1v) is 16.5. The Kier molecular flexibility index (Phi) is 11.0. The van der Waals surface area contributed by atoms with Crippen LogP contribution in [-0.4, -0.2) is 63.3 Å². The standard InChI is InChI=1S/C38H44N4O8/c1-20(2)34(37(45)42-30(38(46)50-7)16-23-19-39-27-11-9-8-10-24(23)27)41-29-15-13-25-26(18-31(29)44)28(40-21(3)43)14-12-22-17-32(47-4)35(48-5)36(49-6)33(22)25/h8-11,13,15,17-20,28,30,34,39H,12,14,16H2,1-7H3,(H,40,43)(H,41,44)(H,42,45)/t28-,30-,34-/m0/s1. The molecule has 12 heteroatoms. The van der Waals surface area contributed by atoms with Gasteiger partial charge in [-0.3, -0.25) is 14.4 Å². The van der Waals surface area contributed by atoms with Gasteiger partial charge in [-0.05, 0) is 65.3 Å². The number of rotatable bonds is 12. The van der Waals surface area contributed by atoms with E-state index >= 15 is 0 Å². The number of carbonyl (C=O) groups is 3. The molecule has 1 aromatic heterocycles. The highest BCUT2D eigenvalue weighted by molar-refractivity contribution is 5.91. The first-order chi connectivity index (χ1) is 24.0. The second-order valence-corrected chi connectivity index (χ2v) is 12.6. The van der Waals surface area contributed by atoms with Gasteiger partial charge in [0, 0.05) is 36.0 Å². The van der Waals surface area contributed by atoms with Gasteiger partial charge < -0.3 is 39.9 Å². The molecular weight excluding hydrogens is 640 g/mol. The number of esters is 1. The number of nitrogens with one attached hydrogen (secondary N) is 4. The molecule has 0 bridgehead atoms. The third-order valence-corrected chi connectivity index (χ3v) is 9.08. The van der Waals surface area contributed by atoms with Crippen molar-refractivity contribution in [2.24, 2.45) is 5.92 Å². The molecule has 4 N–H and O–H groups in total. The molecule has 3 aromatic carbocycles. The fourth-order valence-corrected chi connectivity index (χ4v) is 6.65. The molecule has 5 rings (SSSR count). The van der Waals surface area contributed by atoms with Crippen molar-refractivity contribution in [3.63, 3.8) is 0 Å². The van der Waals surface area contributed by atoms with Gasteiger partial charge in [0.15, 0.2) is 11.5 Å². The van der Waals surface area contributed by atoms with Crippen molar-refractivity contribution in [3.05, 3.63) is 81.6 Å². The Morgan fingerprint density at radius 2 is 1.70 bits per heavy atom. The zero-order valence-electron chi connectivity index (χ0n) is 29.4. The molecule has 0 spiro atoms. The zero-order valence-corrected chi connectivity index (χ0v) is 29.4. The number of amides is 2. The molecule has 2 amide bonds. The highest BCUT2D eigenvalue weighted by atomic mass is 16.5. The monoisotopic (exact) mass is 684 g/mol. The molecule has 0 radical (unpaired) electrons. The van der Waals surface area contributed by atoms with Crippen molar-refractivity contribution in [2.75, 3.05) is 33.8 Å². The lowest BCUT2D eigenvalue weighted by Gasteiger charge is -2.25. The minimum absolute atomic E-state index is 0.167. The fourth-order valence-electron chi connectivity index (χ4n) is 6.65. The fraction of sp³-hybridized carbons (Fsp3) is 0.368. The summed E-state index contributed by atoms with van der Waals surface area (Å²) < 4.78 is 22.2. The number of ether oxygens (including phenoxy) is 4. The summed E-state index contributed by atoms with van der Waals surface area (Å²) in [5, 5.41) is 9.96. The summed E-state index contributed by atoms with van der Waals surface area (Å²) in [6, 6.07) is 12.1. The van der Waals surface area contributed by atoms with Crippen molar-refractivity contribution in [2.45, 2.75) is 58.2 Å². The predicted molar refractivity (Wildman–Crippen MR) is 191 cm³/mol. The molecule has 264 valence electrons. The van der Waals surface area contributed by atoms with Crippen LogP contribution in [0.2, 0.25) is 0 Å². The van der Waals surface area contributed by atoms with Crippen molar-refractivity contribution in [1.29, 1.82) is 0 Å². The van der Waals surface area contributed by atoms with Crippen LogP contribution < -0.4 is 35.6 Å². The van der Waals surface area contributed by atoms with Crippen molar-refractivity contribution < 1.29 is 33.3 Å². The number of hydrogen-bond donors (Lipinski definition) is 4. The highest BCUT2D eigenvalue weighted by Crippen LogP contribution is 2.50. The van der Waals surface area contributed by atoms with Crippen LogP contribution in [0.5, 0.6) is 17.2 Å². The van der Waals surface area contributed by atoms with E-state index in [0.29, 0.717) is 46.8 Å². The highest BCUT2D eigenvalue weighted by Gasteiger charge is 2.32.